The molecule has 0 aliphatic rings. The first-order valence-corrected chi connectivity index (χ1v) is 8.40. The number of thiazole rings is 1. The zero-order valence-corrected chi connectivity index (χ0v) is 14.1. The molecular weight excluding hydrogens is 308 g/mol. The number of aliphatic hydroxyl groups is 1. The highest BCUT2D eigenvalue weighted by Gasteiger charge is 2.10. The number of ether oxygens (including phenoxy) is 1. The van der Waals surface area contributed by atoms with E-state index >= 15 is 0 Å². The summed E-state index contributed by atoms with van der Waals surface area (Å²) in [6, 6.07) is 14.2. The number of hydrogen-bond acceptors (Lipinski definition) is 5. The van der Waals surface area contributed by atoms with Crippen LogP contribution in [0, 0.1) is 0 Å². The molecule has 0 saturated heterocycles. The number of fused-ring (bicyclic) bond motifs is 1. The Bertz CT molecular complexity index is 768. The van der Waals surface area contributed by atoms with Crippen LogP contribution in [0.4, 0.5) is 5.69 Å². The average Bonchev–Trinajstić information content (AvgIpc) is 2.96. The van der Waals surface area contributed by atoms with E-state index in [0.29, 0.717) is 5.75 Å². The van der Waals surface area contributed by atoms with Crippen LogP contribution in [-0.4, -0.2) is 23.2 Å². The molecule has 1 aromatic heterocycles. The van der Waals surface area contributed by atoms with Gasteiger partial charge in [0.1, 0.15) is 5.75 Å². The van der Waals surface area contributed by atoms with Crippen LogP contribution in [0.1, 0.15) is 17.5 Å². The van der Waals surface area contributed by atoms with E-state index in [1.807, 2.05) is 36.4 Å². The van der Waals surface area contributed by atoms with Gasteiger partial charge in [-0.25, -0.2) is 4.98 Å². The molecule has 3 aromatic rings. The number of nitrogens with zero attached hydrogens (tertiary/aromatic N) is 1. The molecule has 5 heteroatoms. The fourth-order valence-electron chi connectivity index (χ4n) is 2.60. The van der Waals surface area contributed by atoms with Crippen molar-refractivity contribution in [2.75, 3.05) is 12.4 Å². The topological polar surface area (TPSA) is 54.4 Å². The Morgan fingerprint density at radius 3 is 2.83 bits per heavy atom. The molecule has 4 nitrogen and oxygen atoms in total. The van der Waals surface area contributed by atoms with E-state index in [-0.39, 0.29) is 12.6 Å². The number of para-hydroxylation sites is 1. The lowest BCUT2D eigenvalue weighted by Gasteiger charge is -2.16. The third-order valence-corrected chi connectivity index (χ3v) is 4.74. The number of rotatable bonds is 6. The lowest BCUT2D eigenvalue weighted by atomic mass is 10.1. The van der Waals surface area contributed by atoms with Crippen LogP contribution >= 0.6 is 11.3 Å². The van der Waals surface area contributed by atoms with E-state index in [2.05, 4.69) is 23.3 Å². The Balaban J connectivity index is 1.70. The standard InChI is InChI=1S/C18H20N2O2S/c1-12(9-18-20-15-5-3-4-6-17(15)23-18)19-14-7-8-16(22-2)13(10-14)11-21/h3-8,10,12,19,21H,9,11H2,1-2H3. The van der Waals surface area contributed by atoms with Gasteiger partial charge >= 0.3 is 0 Å². The first-order chi connectivity index (χ1) is 11.2. The molecule has 0 radical (unpaired) electrons. The molecule has 23 heavy (non-hydrogen) atoms. The Morgan fingerprint density at radius 1 is 1.26 bits per heavy atom. The van der Waals surface area contributed by atoms with Crippen LogP contribution in [0.5, 0.6) is 5.75 Å². The number of benzene rings is 2. The number of methoxy groups -OCH3 is 1. The number of nitrogens with one attached hydrogen (secondary N) is 1. The van der Waals surface area contributed by atoms with Gasteiger partial charge in [-0.1, -0.05) is 12.1 Å². The molecule has 120 valence electrons. The van der Waals surface area contributed by atoms with Crippen molar-refractivity contribution in [2.45, 2.75) is 26.0 Å². The van der Waals surface area contributed by atoms with E-state index in [1.165, 1.54) is 4.70 Å². The maximum absolute atomic E-state index is 9.41. The molecule has 0 bridgehead atoms. The van der Waals surface area contributed by atoms with Crippen LogP contribution in [0.2, 0.25) is 0 Å². The summed E-state index contributed by atoms with van der Waals surface area (Å²) in [5.74, 6) is 0.705. The highest BCUT2D eigenvalue weighted by atomic mass is 32.1. The molecule has 0 fully saturated rings. The normalized spacial score (nSPS) is 12.3. The molecule has 2 aromatic carbocycles. The van der Waals surface area contributed by atoms with Crippen LogP contribution in [0.3, 0.4) is 0 Å². The summed E-state index contributed by atoms with van der Waals surface area (Å²) in [7, 11) is 1.61. The van der Waals surface area contributed by atoms with Gasteiger partial charge in [0.05, 0.1) is 28.9 Å². The van der Waals surface area contributed by atoms with E-state index < -0.39 is 0 Å². The Kier molecular flexibility index (Phi) is 4.79. The van der Waals surface area contributed by atoms with Gasteiger partial charge in [-0.2, -0.15) is 0 Å². The Morgan fingerprint density at radius 2 is 2.09 bits per heavy atom. The second-order valence-corrected chi connectivity index (χ2v) is 6.62. The van der Waals surface area contributed by atoms with Gasteiger partial charge in [0.25, 0.3) is 0 Å². The number of hydrogen-bond donors (Lipinski definition) is 2. The molecule has 0 aliphatic heterocycles. The summed E-state index contributed by atoms with van der Waals surface area (Å²) >= 11 is 1.74. The maximum Gasteiger partial charge on any atom is 0.124 e. The first kappa shape index (κ1) is 15.8. The molecule has 0 aliphatic carbocycles. The highest BCUT2D eigenvalue weighted by molar-refractivity contribution is 7.18. The largest absolute Gasteiger partial charge is 0.496 e. The molecule has 1 atom stereocenters. The monoisotopic (exact) mass is 328 g/mol. The van der Waals surface area contributed by atoms with Crippen molar-refractivity contribution >= 4 is 27.2 Å². The molecule has 0 saturated carbocycles. The van der Waals surface area contributed by atoms with Crippen molar-refractivity contribution in [1.29, 1.82) is 0 Å². The second kappa shape index (κ2) is 6.98. The fraction of sp³-hybridized carbons (Fsp3) is 0.278. The number of aromatic nitrogens is 1. The predicted molar refractivity (Wildman–Crippen MR) is 95.3 cm³/mol. The summed E-state index contributed by atoms with van der Waals surface area (Å²) in [6.07, 6.45) is 0.861. The van der Waals surface area contributed by atoms with Crippen LogP contribution in [-0.2, 0) is 13.0 Å². The molecule has 1 unspecified atom stereocenters. The van der Waals surface area contributed by atoms with Crippen molar-refractivity contribution in [2.24, 2.45) is 0 Å². The fourth-order valence-corrected chi connectivity index (χ4v) is 3.69. The Hall–Kier alpha value is -2.11. The zero-order valence-electron chi connectivity index (χ0n) is 13.2. The van der Waals surface area contributed by atoms with Crippen molar-refractivity contribution < 1.29 is 9.84 Å². The molecule has 3 rings (SSSR count). The minimum atomic E-state index is -0.0368. The SMILES string of the molecule is COc1ccc(NC(C)Cc2nc3ccccc3s2)cc1CO. The van der Waals surface area contributed by atoms with E-state index in [1.54, 1.807) is 18.4 Å². The first-order valence-electron chi connectivity index (χ1n) is 7.58. The van der Waals surface area contributed by atoms with E-state index in [0.717, 1.165) is 28.2 Å². The van der Waals surface area contributed by atoms with Crippen molar-refractivity contribution in [3.8, 4) is 5.75 Å². The maximum atomic E-state index is 9.41. The minimum absolute atomic E-state index is 0.0368. The van der Waals surface area contributed by atoms with Crippen molar-refractivity contribution in [3.63, 3.8) is 0 Å². The summed E-state index contributed by atoms with van der Waals surface area (Å²) in [4.78, 5) is 4.67. The highest BCUT2D eigenvalue weighted by Crippen LogP contribution is 2.25. The van der Waals surface area contributed by atoms with Crippen LogP contribution in [0.25, 0.3) is 10.2 Å². The lowest BCUT2D eigenvalue weighted by molar-refractivity contribution is 0.274. The van der Waals surface area contributed by atoms with E-state index in [9.17, 15) is 5.11 Å². The molecule has 2 N–H and O–H groups in total. The zero-order chi connectivity index (χ0) is 16.2. The quantitative estimate of drug-likeness (QED) is 0.722. The van der Waals surface area contributed by atoms with Gasteiger partial charge in [-0.15, -0.1) is 11.3 Å². The molecule has 0 amide bonds. The van der Waals surface area contributed by atoms with Gasteiger partial charge in [-0.05, 0) is 37.3 Å². The molecular formula is C18H20N2O2S. The molecule has 0 spiro atoms. The smallest absolute Gasteiger partial charge is 0.124 e. The van der Waals surface area contributed by atoms with Gasteiger partial charge in [0.15, 0.2) is 0 Å². The predicted octanol–water partition coefficient (Wildman–Crippen LogP) is 3.84. The van der Waals surface area contributed by atoms with Gasteiger partial charge in [0, 0.05) is 23.7 Å². The second-order valence-electron chi connectivity index (χ2n) is 5.51. The molecule has 1 heterocycles. The summed E-state index contributed by atoms with van der Waals surface area (Å²) in [5.41, 5.74) is 2.82. The van der Waals surface area contributed by atoms with Crippen molar-refractivity contribution in [3.05, 3.63) is 53.0 Å². The lowest BCUT2D eigenvalue weighted by Crippen LogP contribution is -2.18. The van der Waals surface area contributed by atoms with Crippen LogP contribution < -0.4 is 10.1 Å². The third-order valence-electron chi connectivity index (χ3n) is 3.68. The van der Waals surface area contributed by atoms with E-state index in [4.69, 9.17) is 4.74 Å². The average molecular weight is 328 g/mol. The van der Waals surface area contributed by atoms with Gasteiger partial charge in [-0.3, -0.25) is 0 Å². The van der Waals surface area contributed by atoms with Crippen molar-refractivity contribution in [1.82, 2.24) is 4.98 Å². The van der Waals surface area contributed by atoms with Gasteiger partial charge in [0.2, 0.25) is 0 Å². The summed E-state index contributed by atoms with van der Waals surface area (Å²) < 4.78 is 6.45. The Labute approximate surface area is 139 Å². The third kappa shape index (κ3) is 3.63. The number of anilines is 1. The summed E-state index contributed by atoms with van der Waals surface area (Å²) in [5, 5.41) is 14.0. The van der Waals surface area contributed by atoms with Crippen LogP contribution in [0.15, 0.2) is 42.5 Å². The number of aliphatic hydroxyl groups excluding tert-OH is 1. The summed E-state index contributed by atoms with van der Waals surface area (Å²) in [6.45, 7) is 2.10. The minimum Gasteiger partial charge on any atom is -0.496 e. The van der Waals surface area contributed by atoms with Gasteiger partial charge < -0.3 is 15.2 Å².